The Morgan fingerprint density at radius 2 is 1.95 bits per heavy atom. The molecular formula is C14H17N5O2. The van der Waals surface area contributed by atoms with E-state index < -0.39 is 0 Å². The molecule has 7 nitrogen and oxygen atoms in total. The molecule has 1 saturated heterocycles. The molecule has 0 bridgehead atoms. The largest absolute Gasteiger partial charge is 0.431 e. The van der Waals surface area contributed by atoms with Crippen molar-refractivity contribution in [3.63, 3.8) is 0 Å². The lowest BCUT2D eigenvalue weighted by Crippen LogP contribution is -2.47. The van der Waals surface area contributed by atoms with Crippen LogP contribution in [-0.4, -0.2) is 48.1 Å². The Bertz CT molecular complexity index is 820. The summed E-state index contributed by atoms with van der Waals surface area (Å²) in [6.07, 6.45) is 0. The van der Waals surface area contributed by atoms with Gasteiger partial charge in [0.25, 0.3) is 0 Å². The van der Waals surface area contributed by atoms with Crippen LogP contribution in [0.25, 0.3) is 16.9 Å². The Balaban J connectivity index is 2.01. The van der Waals surface area contributed by atoms with Crippen LogP contribution in [0.2, 0.25) is 0 Å². The third-order valence-corrected chi connectivity index (χ3v) is 4.10. The molecule has 2 aliphatic heterocycles. The first-order valence-electron chi connectivity index (χ1n) is 7.13. The van der Waals surface area contributed by atoms with Gasteiger partial charge < -0.3 is 19.4 Å². The predicted molar refractivity (Wildman–Crippen MR) is 75.9 cm³/mol. The van der Waals surface area contributed by atoms with Crippen LogP contribution in [0.3, 0.4) is 0 Å². The third kappa shape index (κ3) is 1.88. The van der Waals surface area contributed by atoms with Crippen molar-refractivity contribution in [3.05, 3.63) is 22.0 Å². The van der Waals surface area contributed by atoms with E-state index in [1.54, 1.807) is 0 Å². The van der Waals surface area contributed by atoms with Crippen molar-refractivity contribution in [2.75, 3.05) is 33.0 Å². The Morgan fingerprint density at radius 1 is 1.14 bits per heavy atom. The lowest BCUT2D eigenvalue weighted by molar-refractivity contribution is 0.0604. The van der Waals surface area contributed by atoms with Crippen LogP contribution in [0.5, 0.6) is 0 Å². The molecule has 0 aromatic carbocycles. The Kier molecular flexibility index (Phi) is 2.81. The molecule has 2 aliphatic rings. The smallest absolute Gasteiger partial charge is 0.249 e. The van der Waals surface area contributed by atoms with Gasteiger partial charge in [-0.1, -0.05) is 0 Å². The monoisotopic (exact) mass is 287 g/mol. The number of aryl methyl sites for hydroxylation is 2. The lowest BCUT2D eigenvalue weighted by Gasteiger charge is -2.31. The molecule has 0 aliphatic carbocycles. The van der Waals surface area contributed by atoms with Crippen LogP contribution in [-0.2, 0) is 4.74 Å². The fraction of sp³-hybridized carbons (Fsp3) is 0.500. The molecule has 0 unspecified atom stereocenters. The van der Waals surface area contributed by atoms with Crippen LogP contribution in [0.15, 0.2) is 9.41 Å². The molecule has 2 aromatic heterocycles. The Hall–Kier alpha value is -2.15. The number of hydrogen-bond donors (Lipinski definition) is 1. The summed E-state index contributed by atoms with van der Waals surface area (Å²) in [4.78, 5) is 6.82. The van der Waals surface area contributed by atoms with E-state index in [1.165, 1.54) is 0 Å². The van der Waals surface area contributed by atoms with Crippen LogP contribution in [0.1, 0.15) is 11.3 Å². The summed E-state index contributed by atoms with van der Waals surface area (Å²) >= 11 is 0. The Labute approximate surface area is 121 Å². The van der Waals surface area contributed by atoms with Gasteiger partial charge in [0.1, 0.15) is 17.8 Å². The van der Waals surface area contributed by atoms with E-state index in [0.29, 0.717) is 12.4 Å². The summed E-state index contributed by atoms with van der Waals surface area (Å²) in [7, 11) is 0. The van der Waals surface area contributed by atoms with Gasteiger partial charge in [0.05, 0.1) is 24.3 Å². The number of furan rings is 1. The van der Waals surface area contributed by atoms with Crippen LogP contribution < -0.4 is 16.1 Å². The molecule has 2 aromatic rings. The maximum Gasteiger partial charge on any atom is 0.249 e. The van der Waals surface area contributed by atoms with Crippen molar-refractivity contribution in [2.24, 2.45) is 4.99 Å². The minimum Gasteiger partial charge on any atom is -0.431 e. The molecule has 1 fully saturated rings. The zero-order valence-corrected chi connectivity index (χ0v) is 12.1. The topological polar surface area (TPSA) is 75.8 Å². The van der Waals surface area contributed by atoms with E-state index in [4.69, 9.17) is 9.15 Å². The molecule has 0 amide bonds. The van der Waals surface area contributed by atoms with Gasteiger partial charge in [-0.15, -0.1) is 5.10 Å². The van der Waals surface area contributed by atoms with Gasteiger partial charge in [-0.05, 0) is 19.4 Å². The van der Waals surface area contributed by atoms with Gasteiger partial charge in [-0.2, -0.15) is 5.10 Å². The molecule has 4 heterocycles. The van der Waals surface area contributed by atoms with Gasteiger partial charge in [-0.25, -0.2) is 0 Å². The molecule has 1 N–H and O–H groups in total. The molecule has 21 heavy (non-hydrogen) atoms. The second kappa shape index (κ2) is 4.70. The number of fused-ring (bicyclic) bond motifs is 3. The van der Waals surface area contributed by atoms with Crippen molar-refractivity contribution in [3.8, 4) is 0 Å². The number of aromatic nitrogens is 2. The van der Waals surface area contributed by atoms with Gasteiger partial charge in [0.15, 0.2) is 5.42 Å². The van der Waals surface area contributed by atoms with E-state index in [0.717, 1.165) is 59.5 Å². The van der Waals surface area contributed by atoms with Crippen molar-refractivity contribution < 1.29 is 9.15 Å². The first-order chi connectivity index (χ1) is 10.3. The van der Waals surface area contributed by atoms with E-state index in [2.05, 4.69) is 25.4 Å². The second-order valence-corrected chi connectivity index (χ2v) is 5.31. The fourth-order valence-electron chi connectivity index (χ4n) is 2.82. The van der Waals surface area contributed by atoms with Gasteiger partial charge in [-0.3, -0.25) is 4.99 Å². The standard InChI is InChI=1S/C14H17N5O2/c1-8-9(2)17-18-14-10(8)11-12(21-14)13(16-7-15-11)19-3-5-20-6-4-19/h16H,3-7H2,1-2H3. The summed E-state index contributed by atoms with van der Waals surface area (Å²) < 4.78 is 11.4. The minimum absolute atomic E-state index is 0.551. The summed E-state index contributed by atoms with van der Waals surface area (Å²) in [6.45, 7) is 7.70. The first-order valence-corrected chi connectivity index (χ1v) is 7.13. The highest BCUT2D eigenvalue weighted by Crippen LogP contribution is 2.14. The zero-order chi connectivity index (χ0) is 14.4. The Morgan fingerprint density at radius 3 is 2.76 bits per heavy atom. The highest BCUT2D eigenvalue weighted by Gasteiger charge is 2.21. The summed E-state index contributed by atoms with van der Waals surface area (Å²) in [5.74, 6) is 0.985. The number of hydrogen-bond acceptors (Lipinski definition) is 7. The van der Waals surface area contributed by atoms with Crippen LogP contribution in [0.4, 0.5) is 0 Å². The average molecular weight is 287 g/mol. The maximum absolute atomic E-state index is 5.94. The van der Waals surface area contributed by atoms with E-state index in [1.807, 2.05) is 13.8 Å². The molecule has 0 atom stereocenters. The fourth-order valence-corrected chi connectivity index (χ4v) is 2.82. The zero-order valence-electron chi connectivity index (χ0n) is 12.1. The van der Waals surface area contributed by atoms with E-state index in [9.17, 15) is 0 Å². The number of morpholine rings is 1. The molecule has 0 spiro atoms. The van der Waals surface area contributed by atoms with Crippen molar-refractivity contribution in [1.29, 1.82) is 0 Å². The molecule has 0 saturated carbocycles. The molecule has 110 valence electrons. The van der Waals surface area contributed by atoms with Gasteiger partial charge in [0.2, 0.25) is 5.71 Å². The average Bonchev–Trinajstić information content (AvgIpc) is 2.91. The summed E-state index contributed by atoms with van der Waals surface area (Å²) in [5, 5.41) is 13.5. The highest BCUT2D eigenvalue weighted by atomic mass is 16.5. The van der Waals surface area contributed by atoms with Crippen LogP contribution in [0, 0.1) is 13.8 Å². The lowest BCUT2D eigenvalue weighted by atomic mass is 10.1. The first kappa shape index (κ1) is 12.6. The highest BCUT2D eigenvalue weighted by molar-refractivity contribution is 5.77. The number of nitrogens with one attached hydrogen (secondary N) is 1. The summed E-state index contributed by atoms with van der Waals surface area (Å²) in [5.41, 5.74) is 3.31. The van der Waals surface area contributed by atoms with Crippen molar-refractivity contribution >= 4 is 16.9 Å². The van der Waals surface area contributed by atoms with Gasteiger partial charge in [0, 0.05) is 13.1 Å². The number of nitrogens with zero attached hydrogens (tertiary/aromatic N) is 4. The van der Waals surface area contributed by atoms with Crippen LogP contribution >= 0.6 is 0 Å². The van der Waals surface area contributed by atoms with Gasteiger partial charge >= 0.3 is 0 Å². The summed E-state index contributed by atoms with van der Waals surface area (Å²) in [6, 6.07) is 0. The quantitative estimate of drug-likeness (QED) is 0.756. The maximum atomic E-state index is 5.94. The molecule has 7 heteroatoms. The molecule has 4 rings (SSSR count). The third-order valence-electron chi connectivity index (χ3n) is 4.10. The minimum atomic E-state index is 0.551. The second-order valence-electron chi connectivity index (χ2n) is 5.31. The number of rotatable bonds is 1. The van der Waals surface area contributed by atoms with Crippen molar-refractivity contribution in [1.82, 2.24) is 20.4 Å². The number of ether oxygens (including phenoxy) is 1. The van der Waals surface area contributed by atoms with Crippen molar-refractivity contribution in [2.45, 2.75) is 13.8 Å². The van der Waals surface area contributed by atoms with E-state index >= 15 is 0 Å². The SMILES string of the molecule is Cc1nnc2oc3c(c2c1C)=NCNC=3N1CCOCC1. The normalized spacial score (nSPS) is 18.4. The molecular weight excluding hydrogens is 270 g/mol. The van der Waals surface area contributed by atoms with E-state index in [-0.39, 0.29) is 0 Å². The molecule has 0 radical (unpaired) electrons. The predicted octanol–water partition coefficient (Wildman–Crippen LogP) is -0.582.